The minimum Gasteiger partial charge on any atom is -0.497 e. The summed E-state index contributed by atoms with van der Waals surface area (Å²) < 4.78 is 10.3. The molecular formula is C13H20N2O3. The number of hydrogen-bond acceptors (Lipinski definition) is 4. The van der Waals surface area contributed by atoms with Gasteiger partial charge in [0.1, 0.15) is 11.5 Å². The number of hydrogen-bond donors (Lipinski definition) is 2. The molecule has 0 aliphatic carbocycles. The van der Waals surface area contributed by atoms with E-state index in [-0.39, 0.29) is 11.9 Å². The van der Waals surface area contributed by atoms with Crippen molar-refractivity contribution in [2.45, 2.75) is 25.8 Å². The van der Waals surface area contributed by atoms with E-state index in [1.54, 1.807) is 32.4 Å². The maximum atomic E-state index is 11.7. The fourth-order valence-electron chi connectivity index (χ4n) is 1.46. The number of carbonyl (C=O) groups excluding carboxylic acids is 1. The zero-order chi connectivity index (χ0) is 13.5. The first kappa shape index (κ1) is 14.3. The molecule has 0 saturated heterocycles. The molecule has 0 aliphatic heterocycles. The second-order valence-electron chi connectivity index (χ2n) is 4.17. The Labute approximate surface area is 107 Å². The van der Waals surface area contributed by atoms with Crippen molar-refractivity contribution < 1.29 is 14.3 Å². The van der Waals surface area contributed by atoms with Crippen LogP contribution in [-0.4, -0.2) is 26.2 Å². The van der Waals surface area contributed by atoms with Gasteiger partial charge in [0.15, 0.2) is 0 Å². The molecule has 0 aromatic heterocycles. The predicted octanol–water partition coefficient (Wildman–Crippen LogP) is 1.77. The number of rotatable bonds is 6. The van der Waals surface area contributed by atoms with Gasteiger partial charge in [-0.1, -0.05) is 0 Å². The molecule has 3 N–H and O–H groups in total. The van der Waals surface area contributed by atoms with Gasteiger partial charge in [0.05, 0.1) is 14.2 Å². The lowest BCUT2D eigenvalue weighted by atomic mass is 10.2. The van der Waals surface area contributed by atoms with Gasteiger partial charge >= 0.3 is 0 Å². The lowest BCUT2D eigenvalue weighted by Gasteiger charge is -2.10. The molecule has 18 heavy (non-hydrogen) atoms. The van der Waals surface area contributed by atoms with Crippen LogP contribution in [0.25, 0.3) is 0 Å². The molecular weight excluding hydrogens is 232 g/mol. The highest BCUT2D eigenvalue weighted by atomic mass is 16.5. The third kappa shape index (κ3) is 4.63. The van der Waals surface area contributed by atoms with Crippen molar-refractivity contribution in [3.63, 3.8) is 0 Å². The van der Waals surface area contributed by atoms with Crippen LogP contribution >= 0.6 is 0 Å². The number of methoxy groups -OCH3 is 2. The molecule has 1 aromatic rings. The summed E-state index contributed by atoms with van der Waals surface area (Å²) in [6.07, 6.45) is 1.06. The monoisotopic (exact) mass is 252 g/mol. The Balaban J connectivity index is 2.68. The largest absolute Gasteiger partial charge is 0.497 e. The van der Waals surface area contributed by atoms with Gasteiger partial charge in [-0.25, -0.2) is 0 Å². The Bertz CT molecular complexity index is 383. The molecule has 100 valence electrons. The zero-order valence-corrected chi connectivity index (χ0v) is 11.0. The van der Waals surface area contributed by atoms with E-state index in [9.17, 15) is 4.79 Å². The van der Waals surface area contributed by atoms with E-state index in [0.29, 0.717) is 30.0 Å². The molecule has 0 aliphatic rings. The predicted molar refractivity (Wildman–Crippen MR) is 71.1 cm³/mol. The first-order chi connectivity index (χ1) is 8.55. The summed E-state index contributed by atoms with van der Waals surface area (Å²) in [5.74, 6) is 1.20. The summed E-state index contributed by atoms with van der Waals surface area (Å²) in [6, 6.07) is 5.26. The van der Waals surface area contributed by atoms with Gasteiger partial charge in [0.25, 0.3) is 0 Å². The summed E-state index contributed by atoms with van der Waals surface area (Å²) in [7, 11) is 3.13. The maximum Gasteiger partial charge on any atom is 0.224 e. The maximum absolute atomic E-state index is 11.7. The molecule has 0 bridgehead atoms. The number of nitrogens with one attached hydrogen (secondary N) is 1. The van der Waals surface area contributed by atoms with Gasteiger partial charge in [-0.3, -0.25) is 4.79 Å². The lowest BCUT2D eigenvalue weighted by Crippen LogP contribution is -2.19. The van der Waals surface area contributed by atoms with Gasteiger partial charge < -0.3 is 20.5 Å². The fraction of sp³-hybridized carbons (Fsp3) is 0.462. The molecule has 1 unspecified atom stereocenters. The molecule has 1 amide bonds. The summed E-state index contributed by atoms with van der Waals surface area (Å²) in [6.45, 7) is 1.88. The standard InChI is InChI=1S/C13H20N2O3/c1-9(14)4-5-13(16)15-10-6-11(17-2)8-12(7-10)18-3/h6-9H,4-5,14H2,1-3H3,(H,15,16). The van der Waals surface area contributed by atoms with Crippen molar-refractivity contribution in [3.05, 3.63) is 18.2 Å². The minimum atomic E-state index is -0.0670. The van der Waals surface area contributed by atoms with Crippen LogP contribution < -0.4 is 20.5 Å². The number of ether oxygens (including phenoxy) is 2. The molecule has 0 radical (unpaired) electrons. The molecule has 1 atom stereocenters. The topological polar surface area (TPSA) is 73.6 Å². The van der Waals surface area contributed by atoms with Crippen LogP contribution in [0.15, 0.2) is 18.2 Å². The van der Waals surface area contributed by atoms with E-state index < -0.39 is 0 Å². The number of amides is 1. The SMILES string of the molecule is COc1cc(NC(=O)CCC(C)N)cc(OC)c1. The lowest BCUT2D eigenvalue weighted by molar-refractivity contribution is -0.116. The Morgan fingerprint density at radius 2 is 1.83 bits per heavy atom. The number of anilines is 1. The molecule has 0 saturated carbocycles. The summed E-state index contributed by atoms with van der Waals surface area (Å²) in [4.78, 5) is 11.7. The fourth-order valence-corrected chi connectivity index (χ4v) is 1.46. The summed E-state index contributed by atoms with van der Waals surface area (Å²) in [5, 5.41) is 2.79. The van der Waals surface area contributed by atoms with Crippen molar-refractivity contribution in [2.75, 3.05) is 19.5 Å². The molecule has 5 heteroatoms. The van der Waals surface area contributed by atoms with Crippen molar-refractivity contribution in [2.24, 2.45) is 5.73 Å². The normalized spacial score (nSPS) is 11.8. The van der Waals surface area contributed by atoms with E-state index in [4.69, 9.17) is 15.2 Å². The minimum absolute atomic E-state index is 0.0237. The Morgan fingerprint density at radius 1 is 1.28 bits per heavy atom. The van der Waals surface area contributed by atoms with Crippen molar-refractivity contribution in [3.8, 4) is 11.5 Å². The number of benzene rings is 1. The Hall–Kier alpha value is -1.75. The molecule has 0 spiro atoms. The van der Waals surface area contributed by atoms with Crippen LogP contribution in [0.2, 0.25) is 0 Å². The summed E-state index contributed by atoms with van der Waals surface area (Å²) >= 11 is 0. The highest BCUT2D eigenvalue weighted by Gasteiger charge is 2.07. The first-order valence-corrected chi connectivity index (χ1v) is 5.83. The van der Waals surface area contributed by atoms with Gasteiger partial charge in [0.2, 0.25) is 5.91 Å². The van der Waals surface area contributed by atoms with Gasteiger partial charge in [-0.15, -0.1) is 0 Å². The molecule has 0 fully saturated rings. The Kier molecular flexibility index (Phi) is 5.45. The quantitative estimate of drug-likeness (QED) is 0.809. The molecule has 1 aromatic carbocycles. The van der Waals surface area contributed by atoms with Crippen molar-refractivity contribution >= 4 is 11.6 Å². The average molecular weight is 252 g/mol. The van der Waals surface area contributed by atoms with E-state index in [0.717, 1.165) is 0 Å². The molecule has 1 rings (SSSR count). The van der Waals surface area contributed by atoms with Crippen LogP contribution in [0.4, 0.5) is 5.69 Å². The zero-order valence-electron chi connectivity index (χ0n) is 11.0. The van der Waals surface area contributed by atoms with Crippen LogP contribution in [-0.2, 0) is 4.79 Å². The van der Waals surface area contributed by atoms with Crippen LogP contribution in [0.1, 0.15) is 19.8 Å². The van der Waals surface area contributed by atoms with E-state index in [2.05, 4.69) is 5.32 Å². The second-order valence-corrected chi connectivity index (χ2v) is 4.17. The van der Waals surface area contributed by atoms with E-state index >= 15 is 0 Å². The van der Waals surface area contributed by atoms with Crippen molar-refractivity contribution in [1.82, 2.24) is 0 Å². The van der Waals surface area contributed by atoms with Crippen LogP contribution in [0, 0.1) is 0 Å². The first-order valence-electron chi connectivity index (χ1n) is 5.83. The van der Waals surface area contributed by atoms with Gasteiger partial charge in [0, 0.05) is 36.3 Å². The van der Waals surface area contributed by atoms with E-state index in [1.165, 1.54) is 0 Å². The highest BCUT2D eigenvalue weighted by molar-refractivity contribution is 5.91. The number of carbonyl (C=O) groups is 1. The average Bonchev–Trinajstić information content (AvgIpc) is 2.35. The smallest absolute Gasteiger partial charge is 0.224 e. The molecule has 0 heterocycles. The highest BCUT2D eigenvalue weighted by Crippen LogP contribution is 2.25. The van der Waals surface area contributed by atoms with Gasteiger partial charge in [-0.05, 0) is 13.3 Å². The van der Waals surface area contributed by atoms with Crippen LogP contribution in [0.3, 0.4) is 0 Å². The van der Waals surface area contributed by atoms with Crippen LogP contribution in [0.5, 0.6) is 11.5 Å². The van der Waals surface area contributed by atoms with Gasteiger partial charge in [-0.2, -0.15) is 0 Å². The summed E-state index contributed by atoms with van der Waals surface area (Å²) in [5.41, 5.74) is 6.26. The third-order valence-electron chi connectivity index (χ3n) is 2.46. The van der Waals surface area contributed by atoms with Crippen molar-refractivity contribution in [1.29, 1.82) is 0 Å². The number of nitrogens with two attached hydrogens (primary N) is 1. The third-order valence-corrected chi connectivity index (χ3v) is 2.46. The second kappa shape index (κ2) is 6.86. The van der Waals surface area contributed by atoms with E-state index in [1.807, 2.05) is 6.92 Å². The molecule has 5 nitrogen and oxygen atoms in total. The Morgan fingerprint density at radius 3 is 2.28 bits per heavy atom.